The van der Waals surface area contributed by atoms with Gasteiger partial charge in [-0.1, -0.05) is 194 Å². The highest BCUT2D eigenvalue weighted by Crippen LogP contribution is 2.40. The summed E-state index contributed by atoms with van der Waals surface area (Å²) in [6.07, 6.45) is 0. The molecule has 0 aliphatic heterocycles. The van der Waals surface area contributed by atoms with Gasteiger partial charge in [-0.3, -0.25) is 0 Å². The van der Waals surface area contributed by atoms with E-state index in [-0.39, 0.29) is 0 Å². The monoisotopic (exact) mass is 701 g/mol. The van der Waals surface area contributed by atoms with Gasteiger partial charge in [-0.2, -0.15) is 0 Å². The maximum absolute atomic E-state index is 2.34. The standard InChI is InChI=1S/C54H39N/c1-5-13-40(14-6-1)43-21-23-44(24-22-43)46-27-34-51(35-28-46)55(50-32-25-45(26-33-50)41-15-7-2-8-16-41)52-36-29-48(30-37-52)53-38-31-49(42-17-9-3-10-18-42)39-54(53)47-19-11-4-12-20-47/h1-39H. The zero-order chi connectivity index (χ0) is 36.8. The summed E-state index contributed by atoms with van der Waals surface area (Å²) in [5, 5.41) is 0. The van der Waals surface area contributed by atoms with Crippen LogP contribution in [0.2, 0.25) is 0 Å². The first kappa shape index (κ1) is 33.6. The molecule has 0 bridgehead atoms. The molecule has 0 heterocycles. The van der Waals surface area contributed by atoms with Crippen molar-refractivity contribution >= 4 is 17.1 Å². The van der Waals surface area contributed by atoms with Gasteiger partial charge >= 0.3 is 0 Å². The van der Waals surface area contributed by atoms with Crippen LogP contribution in [0.4, 0.5) is 17.1 Å². The molecule has 0 atom stereocenters. The molecule has 0 aliphatic rings. The van der Waals surface area contributed by atoms with Crippen molar-refractivity contribution in [1.29, 1.82) is 0 Å². The Morgan fingerprint density at radius 1 is 0.182 bits per heavy atom. The number of anilines is 3. The fraction of sp³-hybridized carbons (Fsp3) is 0. The fourth-order valence-corrected chi connectivity index (χ4v) is 7.42. The summed E-state index contributed by atoms with van der Waals surface area (Å²) in [5.74, 6) is 0. The van der Waals surface area contributed by atoms with E-state index in [4.69, 9.17) is 0 Å². The number of hydrogen-bond acceptors (Lipinski definition) is 1. The molecule has 0 spiro atoms. The van der Waals surface area contributed by atoms with Gasteiger partial charge in [-0.15, -0.1) is 0 Å². The Balaban J connectivity index is 1.07. The van der Waals surface area contributed by atoms with Gasteiger partial charge in [0.2, 0.25) is 0 Å². The van der Waals surface area contributed by atoms with Crippen LogP contribution in [0.25, 0.3) is 66.8 Å². The zero-order valence-corrected chi connectivity index (χ0v) is 30.5. The van der Waals surface area contributed by atoms with E-state index in [1.165, 1.54) is 66.8 Å². The molecule has 9 aromatic carbocycles. The topological polar surface area (TPSA) is 3.24 Å². The lowest BCUT2D eigenvalue weighted by molar-refractivity contribution is 1.28. The highest BCUT2D eigenvalue weighted by molar-refractivity contribution is 5.88. The number of hydrogen-bond donors (Lipinski definition) is 0. The van der Waals surface area contributed by atoms with E-state index < -0.39 is 0 Å². The molecule has 0 aliphatic carbocycles. The summed E-state index contributed by atoms with van der Waals surface area (Å²) in [7, 11) is 0. The SMILES string of the molecule is c1ccc(-c2ccc(-c3ccc(N(c4ccc(-c5ccccc5)cc4)c4ccc(-c5ccc(-c6ccccc6)cc5-c5ccccc5)cc4)cc3)cc2)cc1. The molecule has 9 rings (SSSR count). The highest BCUT2D eigenvalue weighted by atomic mass is 15.1. The summed E-state index contributed by atoms with van der Waals surface area (Å²) < 4.78 is 0. The van der Waals surface area contributed by atoms with Crippen molar-refractivity contribution in [3.63, 3.8) is 0 Å². The summed E-state index contributed by atoms with van der Waals surface area (Å²) in [6.45, 7) is 0. The van der Waals surface area contributed by atoms with Gasteiger partial charge in [0.15, 0.2) is 0 Å². The Labute approximate surface area is 324 Å². The van der Waals surface area contributed by atoms with Crippen LogP contribution in [0.3, 0.4) is 0 Å². The van der Waals surface area contributed by atoms with Crippen molar-refractivity contribution in [2.75, 3.05) is 4.90 Å². The average Bonchev–Trinajstić information content (AvgIpc) is 3.28. The molecule has 0 saturated carbocycles. The third-order valence-electron chi connectivity index (χ3n) is 10.3. The first-order chi connectivity index (χ1) is 27.3. The van der Waals surface area contributed by atoms with E-state index in [0.717, 1.165) is 17.1 Å². The Bertz CT molecular complexity index is 2610. The number of rotatable bonds is 9. The predicted octanol–water partition coefficient (Wildman–Crippen LogP) is 15.2. The largest absolute Gasteiger partial charge is 0.311 e. The van der Waals surface area contributed by atoms with Crippen LogP contribution < -0.4 is 4.90 Å². The van der Waals surface area contributed by atoms with Crippen LogP contribution in [0.15, 0.2) is 237 Å². The van der Waals surface area contributed by atoms with Gasteiger partial charge in [-0.05, 0) is 109 Å². The number of benzene rings is 9. The third kappa shape index (κ3) is 7.25. The second-order valence-electron chi connectivity index (χ2n) is 13.8. The van der Waals surface area contributed by atoms with Gasteiger partial charge in [0, 0.05) is 17.1 Å². The summed E-state index contributed by atoms with van der Waals surface area (Å²) >= 11 is 0. The Morgan fingerprint density at radius 3 is 0.818 bits per heavy atom. The van der Waals surface area contributed by atoms with E-state index >= 15 is 0 Å². The molecular formula is C54H39N. The van der Waals surface area contributed by atoms with Crippen LogP contribution in [-0.4, -0.2) is 0 Å². The molecule has 260 valence electrons. The van der Waals surface area contributed by atoms with Crippen molar-refractivity contribution in [1.82, 2.24) is 0 Å². The van der Waals surface area contributed by atoms with E-state index in [0.29, 0.717) is 0 Å². The second kappa shape index (κ2) is 15.4. The third-order valence-corrected chi connectivity index (χ3v) is 10.3. The lowest BCUT2D eigenvalue weighted by Crippen LogP contribution is -2.09. The first-order valence-electron chi connectivity index (χ1n) is 18.8. The zero-order valence-electron chi connectivity index (χ0n) is 30.5. The minimum absolute atomic E-state index is 1.10. The maximum Gasteiger partial charge on any atom is 0.0462 e. The molecule has 0 N–H and O–H groups in total. The van der Waals surface area contributed by atoms with Crippen molar-refractivity contribution < 1.29 is 0 Å². The molecule has 9 aromatic rings. The van der Waals surface area contributed by atoms with Crippen LogP contribution >= 0.6 is 0 Å². The fourth-order valence-electron chi connectivity index (χ4n) is 7.42. The molecule has 55 heavy (non-hydrogen) atoms. The van der Waals surface area contributed by atoms with E-state index in [2.05, 4.69) is 241 Å². The maximum atomic E-state index is 2.34. The Kier molecular flexibility index (Phi) is 9.41. The minimum atomic E-state index is 1.10. The van der Waals surface area contributed by atoms with Crippen LogP contribution in [-0.2, 0) is 0 Å². The lowest BCUT2D eigenvalue weighted by Gasteiger charge is -2.26. The van der Waals surface area contributed by atoms with Crippen molar-refractivity contribution in [2.24, 2.45) is 0 Å². The van der Waals surface area contributed by atoms with Gasteiger partial charge < -0.3 is 4.90 Å². The lowest BCUT2D eigenvalue weighted by atomic mass is 9.91. The molecule has 0 radical (unpaired) electrons. The quantitative estimate of drug-likeness (QED) is 0.145. The normalized spacial score (nSPS) is 10.9. The summed E-state index contributed by atoms with van der Waals surface area (Å²) in [4.78, 5) is 2.34. The van der Waals surface area contributed by atoms with E-state index in [1.807, 2.05) is 0 Å². The molecular weight excluding hydrogens is 663 g/mol. The molecule has 0 unspecified atom stereocenters. The van der Waals surface area contributed by atoms with Crippen molar-refractivity contribution in [3.05, 3.63) is 237 Å². The minimum Gasteiger partial charge on any atom is -0.311 e. The highest BCUT2D eigenvalue weighted by Gasteiger charge is 2.16. The first-order valence-corrected chi connectivity index (χ1v) is 18.8. The Morgan fingerprint density at radius 2 is 0.436 bits per heavy atom. The summed E-state index contributed by atoms with van der Waals surface area (Å²) in [6, 6.07) is 84.9. The molecule has 0 fully saturated rings. The molecule has 0 saturated heterocycles. The molecule has 1 nitrogen and oxygen atoms in total. The van der Waals surface area contributed by atoms with Crippen LogP contribution in [0.1, 0.15) is 0 Å². The van der Waals surface area contributed by atoms with E-state index in [9.17, 15) is 0 Å². The number of nitrogens with zero attached hydrogens (tertiary/aromatic N) is 1. The van der Waals surface area contributed by atoms with Gasteiger partial charge in [0.1, 0.15) is 0 Å². The average molecular weight is 702 g/mol. The second-order valence-corrected chi connectivity index (χ2v) is 13.8. The van der Waals surface area contributed by atoms with Gasteiger partial charge in [-0.25, -0.2) is 0 Å². The van der Waals surface area contributed by atoms with Crippen molar-refractivity contribution in [2.45, 2.75) is 0 Å². The molecule has 1 heteroatoms. The predicted molar refractivity (Wildman–Crippen MR) is 234 cm³/mol. The summed E-state index contributed by atoms with van der Waals surface area (Å²) in [5.41, 5.74) is 17.8. The molecule has 0 amide bonds. The van der Waals surface area contributed by atoms with Gasteiger partial charge in [0.05, 0.1) is 0 Å². The van der Waals surface area contributed by atoms with Gasteiger partial charge in [0.25, 0.3) is 0 Å². The van der Waals surface area contributed by atoms with Crippen LogP contribution in [0.5, 0.6) is 0 Å². The Hall–Kier alpha value is -7.22. The molecule has 0 aromatic heterocycles. The van der Waals surface area contributed by atoms with Crippen molar-refractivity contribution in [3.8, 4) is 66.8 Å². The van der Waals surface area contributed by atoms with Crippen LogP contribution in [0, 0.1) is 0 Å². The smallest absolute Gasteiger partial charge is 0.0462 e. The van der Waals surface area contributed by atoms with E-state index in [1.54, 1.807) is 0 Å².